The minimum absolute atomic E-state index is 0.0965. The maximum absolute atomic E-state index is 12.5. The second-order valence-corrected chi connectivity index (χ2v) is 5.47. The van der Waals surface area contributed by atoms with Crippen molar-refractivity contribution in [2.45, 2.75) is 20.4 Å². The van der Waals surface area contributed by atoms with E-state index in [1.807, 2.05) is 19.9 Å². The number of para-hydroxylation sites is 1. The van der Waals surface area contributed by atoms with Crippen molar-refractivity contribution in [3.63, 3.8) is 0 Å². The van der Waals surface area contributed by atoms with Crippen LogP contribution in [-0.4, -0.2) is 14.5 Å². The number of aromatic nitrogens is 3. The van der Waals surface area contributed by atoms with Crippen molar-refractivity contribution in [3.05, 3.63) is 69.0 Å². The van der Waals surface area contributed by atoms with Crippen LogP contribution in [0, 0.1) is 13.8 Å². The lowest BCUT2D eigenvalue weighted by atomic mass is 10.1. The molecule has 0 aliphatic heterocycles. The molecule has 2 heterocycles. The van der Waals surface area contributed by atoms with Gasteiger partial charge in [0, 0.05) is 11.9 Å². The molecule has 0 amide bonds. The summed E-state index contributed by atoms with van der Waals surface area (Å²) in [4.78, 5) is 21.1. The zero-order valence-electron chi connectivity index (χ0n) is 11.8. The summed E-state index contributed by atoms with van der Waals surface area (Å²) in [7, 11) is 0. The number of fused-ring (bicyclic) bond motifs is 1. The summed E-state index contributed by atoms with van der Waals surface area (Å²) in [5.74, 6) is 0. The van der Waals surface area contributed by atoms with E-state index in [2.05, 4.69) is 9.97 Å². The minimum Gasteiger partial charge on any atom is -0.294 e. The van der Waals surface area contributed by atoms with E-state index in [9.17, 15) is 4.79 Å². The van der Waals surface area contributed by atoms with Crippen LogP contribution in [0.25, 0.3) is 10.9 Å². The Morgan fingerprint density at radius 3 is 2.81 bits per heavy atom. The highest BCUT2D eigenvalue weighted by molar-refractivity contribution is 6.34. The second-order valence-electron chi connectivity index (χ2n) is 5.06. The van der Waals surface area contributed by atoms with Gasteiger partial charge in [-0.25, -0.2) is 4.98 Å². The molecule has 3 aromatic rings. The Morgan fingerprint density at radius 1 is 1.24 bits per heavy atom. The van der Waals surface area contributed by atoms with Gasteiger partial charge in [-0.3, -0.25) is 14.3 Å². The van der Waals surface area contributed by atoms with Crippen molar-refractivity contribution in [2.75, 3.05) is 0 Å². The van der Waals surface area contributed by atoms with Gasteiger partial charge in [0.25, 0.3) is 5.56 Å². The summed E-state index contributed by atoms with van der Waals surface area (Å²) in [6.07, 6.45) is 3.32. The molecule has 3 rings (SSSR count). The van der Waals surface area contributed by atoms with Gasteiger partial charge in [0.2, 0.25) is 0 Å². The predicted molar refractivity (Wildman–Crippen MR) is 83.8 cm³/mol. The first kappa shape index (κ1) is 13.8. The molecule has 0 atom stereocenters. The SMILES string of the molecule is Cc1cc(Cn2cnc3c(Cl)cccc3c2=O)cnc1C. The van der Waals surface area contributed by atoms with Crippen LogP contribution in [0.2, 0.25) is 5.02 Å². The smallest absolute Gasteiger partial charge is 0.261 e. The Balaban J connectivity index is 2.07. The topological polar surface area (TPSA) is 47.8 Å². The van der Waals surface area contributed by atoms with Crippen molar-refractivity contribution >= 4 is 22.5 Å². The predicted octanol–water partition coefficient (Wildman–Crippen LogP) is 3.11. The molecule has 0 spiro atoms. The van der Waals surface area contributed by atoms with E-state index >= 15 is 0 Å². The van der Waals surface area contributed by atoms with Crippen LogP contribution in [0.5, 0.6) is 0 Å². The molecule has 4 nitrogen and oxygen atoms in total. The number of benzene rings is 1. The molecule has 5 heteroatoms. The van der Waals surface area contributed by atoms with Crippen LogP contribution in [0.1, 0.15) is 16.8 Å². The van der Waals surface area contributed by atoms with E-state index in [4.69, 9.17) is 11.6 Å². The Morgan fingerprint density at radius 2 is 2.05 bits per heavy atom. The molecule has 0 radical (unpaired) electrons. The van der Waals surface area contributed by atoms with Gasteiger partial charge in [-0.15, -0.1) is 0 Å². The number of nitrogens with zero attached hydrogens (tertiary/aromatic N) is 3. The zero-order chi connectivity index (χ0) is 15.0. The summed E-state index contributed by atoms with van der Waals surface area (Å²) in [5, 5.41) is 1.02. The van der Waals surface area contributed by atoms with Crippen molar-refractivity contribution in [3.8, 4) is 0 Å². The summed E-state index contributed by atoms with van der Waals surface area (Å²) in [5.41, 5.74) is 3.52. The fraction of sp³-hybridized carbons (Fsp3) is 0.188. The van der Waals surface area contributed by atoms with Crippen molar-refractivity contribution < 1.29 is 0 Å². The van der Waals surface area contributed by atoms with Crippen LogP contribution in [0.15, 0.2) is 41.6 Å². The number of pyridine rings is 1. The Labute approximate surface area is 127 Å². The highest BCUT2D eigenvalue weighted by Crippen LogP contribution is 2.18. The Bertz CT molecular complexity index is 886. The van der Waals surface area contributed by atoms with Gasteiger partial charge in [-0.05, 0) is 37.1 Å². The Hall–Kier alpha value is -2.20. The summed E-state index contributed by atoms with van der Waals surface area (Å²) in [6.45, 7) is 4.42. The largest absolute Gasteiger partial charge is 0.294 e. The highest BCUT2D eigenvalue weighted by Gasteiger charge is 2.07. The van der Waals surface area contributed by atoms with Gasteiger partial charge >= 0.3 is 0 Å². The monoisotopic (exact) mass is 299 g/mol. The Kier molecular flexibility index (Phi) is 3.47. The van der Waals surface area contributed by atoms with Gasteiger partial charge in [0.05, 0.1) is 28.8 Å². The lowest BCUT2D eigenvalue weighted by molar-refractivity contribution is 0.744. The standard InChI is InChI=1S/C16H14ClN3O/c1-10-6-12(7-18-11(10)2)8-20-9-19-15-13(16(20)21)4-3-5-14(15)17/h3-7,9H,8H2,1-2H3. The maximum Gasteiger partial charge on any atom is 0.261 e. The third kappa shape index (κ3) is 2.54. The number of aryl methyl sites for hydroxylation is 2. The number of halogens is 1. The molecule has 0 unspecified atom stereocenters. The zero-order valence-corrected chi connectivity index (χ0v) is 12.6. The third-order valence-corrected chi connectivity index (χ3v) is 3.86. The molecular weight excluding hydrogens is 286 g/mol. The van der Waals surface area contributed by atoms with Gasteiger partial charge in [0.1, 0.15) is 0 Å². The first-order chi connectivity index (χ1) is 10.1. The normalized spacial score (nSPS) is 11.0. The lowest BCUT2D eigenvalue weighted by Gasteiger charge is -2.08. The van der Waals surface area contributed by atoms with E-state index in [0.29, 0.717) is 22.5 Å². The van der Waals surface area contributed by atoms with Crippen LogP contribution in [-0.2, 0) is 6.54 Å². The van der Waals surface area contributed by atoms with Crippen molar-refractivity contribution in [1.29, 1.82) is 0 Å². The van der Waals surface area contributed by atoms with Gasteiger partial charge < -0.3 is 0 Å². The maximum atomic E-state index is 12.5. The second kappa shape index (κ2) is 5.30. The van der Waals surface area contributed by atoms with E-state index in [0.717, 1.165) is 16.8 Å². The molecule has 2 aromatic heterocycles. The molecule has 0 aliphatic rings. The van der Waals surface area contributed by atoms with E-state index in [1.54, 1.807) is 29.0 Å². The number of rotatable bonds is 2. The molecular formula is C16H14ClN3O. The first-order valence-electron chi connectivity index (χ1n) is 6.62. The fourth-order valence-corrected chi connectivity index (χ4v) is 2.47. The minimum atomic E-state index is -0.0965. The average molecular weight is 300 g/mol. The van der Waals surface area contributed by atoms with Crippen molar-refractivity contribution in [1.82, 2.24) is 14.5 Å². The first-order valence-corrected chi connectivity index (χ1v) is 7.00. The molecule has 1 aromatic carbocycles. The highest BCUT2D eigenvalue weighted by atomic mass is 35.5. The third-order valence-electron chi connectivity index (χ3n) is 3.55. The van der Waals surface area contributed by atoms with Crippen LogP contribution in [0.4, 0.5) is 0 Å². The lowest BCUT2D eigenvalue weighted by Crippen LogP contribution is -2.21. The van der Waals surface area contributed by atoms with Crippen LogP contribution >= 0.6 is 11.6 Å². The molecule has 0 bridgehead atoms. The van der Waals surface area contributed by atoms with Crippen molar-refractivity contribution in [2.24, 2.45) is 0 Å². The van der Waals surface area contributed by atoms with Crippen LogP contribution < -0.4 is 5.56 Å². The number of hydrogen-bond acceptors (Lipinski definition) is 3. The van der Waals surface area contributed by atoms with E-state index < -0.39 is 0 Å². The number of hydrogen-bond donors (Lipinski definition) is 0. The van der Waals surface area contributed by atoms with Crippen LogP contribution in [0.3, 0.4) is 0 Å². The van der Waals surface area contributed by atoms with Gasteiger partial charge in [-0.1, -0.05) is 23.7 Å². The molecule has 0 N–H and O–H groups in total. The summed E-state index contributed by atoms with van der Waals surface area (Å²) >= 11 is 6.06. The molecule has 21 heavy (non-hydrogen) atoms. The quantitative estimate of drug-likeness (QED) is 0.730. The fourth-order valence-electron chi connectivity index (χ4n) is 2.25. The van der Waals surface area contributed by atoms with Gasteiger partial charge in [0.15, 0.2) is 0 Å². The molecule has 106 valence electrons. The molecule has 0 saturated carbocycles. The average Bonchev–Trinajstić information content (AvgIpc) is 2.46. The molecule has 0 fully saturated rings. The summed E-state index contributed by atoms with van der Waals surface area (Å²) < 4.78 is 1.57. The van der Waals surface area contributed by atoms with Gasteiger partial charge in [-0.2, -0.15) is 0 Å². The van der Waals surface area contributed by atoms with E-state index in [-0.39, 0.29) is 5.56 Å². The molecule has 0 saturated heterocycles. The van der Waals surface area contributed by atoms with E-state index in [1.165, 1.54) is 6.33 Å². The summed E-state index contributed by atoms with van der Waals surface area (Å²) in [6, 6.07) is 7.27. The molecule has 0 aliphatic carbocycles.